The summed E-state index contributed by atoms with van der Waals surface area (Å²) < 4.78 is 10.5. The van der Waals surface area contributed by atoms with Gasteiger partial charge in [0.15, 0.2) is 0 Å². The molecule has 1 amide bonds. The molecule has 3 rings (SSSR count). The van der Waals surface area contributed by atoms with Gasteiger partial charge in [0.2, 0.25) is 5.96 Å². The van der Waals surface area contributed by atoms with Crippen molar-refractivity contribution in [2.75, 3.05) is 19.5 Å². The Bertz CT molecular complexity index is 1060. The van der Waals surface area contributed by atoms with Crippen LogP contribution in [0.25, 0.3) is 0 Å². The van der Waals surface area contributed by atoms with Crippen molar-refractivity contribution in [3.63, 3.8) is 0 Å². The van der Waals surface area contributed by atoms with E-state index in [9.17, 15) is 4.79 Å². The summed E-state index contributed by atoms with van der Waals surface area (Å²) in [6, 6.07) is 14.8. The quantitative estimate of drug-likeness (QED) is 0.465. The molecule has 0 aliphatic carbocycles. The maximum Gasteiger partial charge on any atom is 0.258 e. The lowest BCUT2D eigenvalue weighted by atomic mass is 10.1. The molecule has 0 saturated heterocycles. The summed E-state index contributed by atoms with van der Waals surface area (Å²) in [7, 11) is 3.08. The van der Waals surface area contributed by atoms with Crippen molar-refractivity contribution in [3.05, 3.63) is 83.2 Å². The number of aryl methyl sites for hydroxylation is 2. The van der Waals surface area contributed by atoms with Crippen LogP contribution in [0.15, 0.2) is 65.9 Å². The number of nitrogens with one attached hydrogen (secondary N) is 2. The first-order valence-corrected chi connectivity index (χ1v) is 9.80. The molecular formula is C24H26N4O3. The van der Waals surface area contributed by atoms with Crippen LogP contribution in [0.4, 0.5) is 5.69 Å². The van der Waals surface area contributed by atoms with E-state index in [0.717, 1.165) is 16.8 Å². The zero-order chi connectivity index (χ0) is 22.2. The summed E-state index contributed by atoms with van der Waals surface area (Å²) >= 11 is 0. The Kier molecular flexibility index (Phi) is 7.22. The second kappa shape index (κ2) is 10.2. The summed E-state index contributed by atoms with van der Waals surface area (Å²) in [6.07, 6.45) is 3.45. The lowest BCUT2D eigenvalue weighted by Crippen LogP contribution is -2.36. The molecule has 2 N–H and O–H groups in total. The van der Waals surface area contributed by atoms with E-state index in [-0.39, 0.29) is 5.91 Å². The van der Waals surface area contributed by atoms with E-state index in [1.165, 1.54) is 5.56 Å². The smallest absolute Gasteiger partial charge is 0.258 e. The molecule has 1 heterocycles. The normalized spacial score (nSPS) is 11.0. The van der Waals surface area contributed by atoms with Gasteiger partial charge in [-0.1, -0.05) is 12.1 Å². The van der Waals surface area contributed by atoms with Crippen LogP contribution in [-0.4, -0.2) is 31.1 Å². The maximum atomic E-state index is 13.0. The summed E-state index contributed by atoms with van der Waals surface area (Å²) in [5, 5.41) is 6.07. The number of aliphatic imine (C=N–C) groups is 1. The number of hydrogen-bond acceptors (Lipinski definition) is 5. The van der Waals surface area contributed by atoms with E-state index in [2.05, 4.69) is 27.5 Å². The highest BCUT2D eigenvalue weighted by Gasteiger charge is 2.13. The topological polar surface area (TPSA) is 84.8 Å². The van der Waals surface area contributed by atoms with Gasteiger partial charge in [-0.15, -0.1) is 0 Å². The predicted molar refractivity (Wildman–Crippen MR) is 122 cm³/mol. The highest BCUT2D eigenvalue weighted by atomic mass is 16.5. The molecule has 0 bridgehead atoms. The van der Waals surface area contributed by atoms with Gasteiger partial charge in [0.05, 0.1) is 20.8 Å². The highest BCUT2D eigenvalue weighted by Crippen LogP contribution is 2.22. The number of pyridine rings is 1. The minimum Gasteiger partial charge on any atom is -0.497 e. The van der Waals surface area contributed by atoms with Gasteiger partial charge >= 0.3 is 0 Å². The van der Waals surface area contributed by atoms with Crippen molar-refractivity contribution >= 4 is 17.6 Å². The van der Waals surface area contributed by atoms with Crippen LogP contribution in [0.1, 0.15) is 27.0 Å². The molecular weight excluding hydrogens is 392 g/mol. The first-order chi connectivity index (χ1) is 15.0. The zero-order valence-corrected chi connectivity index (χ0v) is 18.1. The van der Waals surface area contributed by atoms with Crippen molar-refractivity contribution in [1.29, 1.82) is 0 Å². The lowest BCUT2D eigenvalue weighted by molar-refractivity contribution is 0.0976. The number of anilines is 1. The third-order valence-electron chi connectivity index (χ3n) is 4.76. The molecule has 1 aromatic heterocycles. The molecule has 0 fully saturated rings. The number of nitrogens with zero attached hydrogens (tertiary/aromatic N) is 2. The Morgan fingerprint density at radius 1 is 1.00 bits per heavy atom. The van der Waals surface area contributed by atoms with Gasteiger partial charge in [-0.05, 0) is 60.9 Å². The van der Waals surface area contributed by atoms with Gasteiger partial charge in [-0.25, -0.2) is 4.99 Å². The summed E-state index contributed by atoms with van der Waals surface area (Å²) in [4.78, 5) is 21.6. The minimum atomic E-state index is -0.335. The standard InChI is InChI=1S/C24H26N4O3/c1-16-7-8-20(10-17(16)2)27-24(26-15-18-6-5-9-25-14-18)28-23(29)19-11-21(30-3)13-22(12-19)31-4/h5-14H,15H2,1-4H3,(H2,26,27,28,29). The van der Waals surface area contributed by atoms with E-state index in [4.69, 9.17) is 9.47 Å². The molecule has 0 saturated carbocycles. The number of methoxy groups -OCH3 is 2. The Balaban J connectivity index is 1.86. The van der Waals surface area contributed by atoms with E-state index < -0.39 is 0 Å². The van der Waals surface area contributed by atoms with E-state index in [0.29, 0.717) is 29.6 Å². The van der Waals surface area contributed by atoms with Crippen molar-refractivity contribution in [2.24, 2.45) is 4.99 Å². The van der Waals surface area contributed by atoms with Crippen molar-refractivity contribution in [2.45, 2.75) is 20.4 Å². The average molecular weight is 418 g/mol. The van der Waals surface area contributed by atoms with Gasteiger partial charge < -0.3 is 14.8 Å². The Hall–Kier alpha value is -3.87. The zero-order valence-electron chi connectivity index (χ0n) is 18.1. The molecule has 0 atom stereocenters. The minimum absolute atomic E-state index is 0.332. The average Bonchev–Trinajstić information content (AvgIpc) is 2.80. The monoisotopic (exact) mass is 418 g/mol. The third-order valence-corrected chi connectivity index (χ3v) is 4.76. The first-order valence-electron chi connectivity index (χ1n) is 9.80. The van der Waals surface area contributed by atoms with Crippen LogP contribution >= 0.6 is 0 Å². The van der Waals surface area contributed by atoms with Crippen LogP contribution in [-0.2, 0) is 6.54 Å². The van der Waals surface area contributed by atoms with Gasteiger partial charge in [-0.2, -0.15) is 0 Å². The molecule has 0 aliphatic rings. The second-order valence-electron chi connectivity index (χ2n) is 7.01. The predicted octanol–water partition coefficient (Wildman–Crippen LogP) is 4.11. The maximum absolute atomic E-state index is 13.0. The first kappa shape index (κ1) is 21.8. The number of amides is 1. The van der Waals surface area contributed by atoms with Gasteiger partial charge in [-0.3, -0.25) is 15.1 Å². The number of carbonyl (C=O) groups excluding carboxylic acids is 1. The SMILES string of the molecule is COc1cc(OC)cc(C(=O)NC(=NCc2cccnc2)Nc2ccc(C)c(C)c2)c1. The fourth-order valence-corrected chi connectivity index (χ4v) is 2.85. The fourth-order valence-electron chi connectivity index (χ4n) is 2.85. The number of benzene rings is 2. The Morgan fingerprint density at radius 3 is 2.35 bits per heavy atom. The Morgan fingerprint density at radius 2 is 1.74 bits per heavy atom. The molecule has 160 valence electrons. The number of carbonyl (C=O) groups is 1. The molecule has 3 aromatic rings. The lowest BCUT2D eigenvalue weighted by Gasteiger charge is -2.14. The van der Waals surface area contributed by atoms with E-state index >= 15 is 0 Å². The van der Waals surface area contributed by atoms with Crippen molar-refractivity contribution in [3.8, 4) is 11.5 Å². The molecule has 0 radical (unpaired) electrons. The van der Waals surface area contributed by atoms with Crippen LogP contribution in [0.2, 0.25) is 0 Å². The number of rotatable bonds is 6. The summed E-state index contributed by atoms with van der Waals surface area (Å²) in [5.41, 5.74) is 4.48. The fraction of sp³-hybridized carbons (Fsp3) is 0.208. The van der Waals surface area contributed by atoms with E-state index in [1.54, 1.807) is 44.8 Å². The summed E-state index contributed by atoms with van der Waals surface area (Å²) in [6.45, 7) is 4.45. The molecule has 0 unspecified atom stereocenters. The molecule has 7 nitrogen and oxygen atoms in total. The largest absolute Gasteiger partial charge is 0.497 e. The van der Waals surface area contributed by atoms with Crippen LogP contribution in [0.5, 0.6) is 11.5 Å². The van der Waals surface area contributed by atoms with Gasteiger partial charge in [0.1, 0.15) is 11.5 Å². The highest BCUT2D eigenvalue weighted by molar-refractivity contribution is 6.10. The number of hydrogen-bond donors (Lipinski definition) is 2. The van der Waals surface area contributed by atoms with Crippen LogP contribution < -0.4 is 20.1 Å². The molecule has 0 aliphatic heterocycles. The van der Waals surface area contributed by atoms with Crippen LogP contribution in [0, 0.1) is 13.8 Å². The second-order valence-corrected chi connectivity index (χ2v) is 7.01. The van der Waals surface area contributed by atoms with Gasteiger partial charge in [0.25, 0.3) is 5.91 Å². The Labute approximate surface area is 182 Å². The van der Waals surface area contributed by atoms with E-state index in [1.807, 2.05) is 37.3 Å². The van der Waals surface area contributed by atoms with Gasteiger partial charge in [0, 0.05) is 29.7 Å². The number of ether oxygens (including phenoxy) is 2. The number of aromatic nitrogens is 1. The summed E-state index contributed by atoms with van der Waals surface area (Å²) in [5.74, 6) is 1.05. The molecule has 2 aromatic carbocycles. The van der Waals surface area contributed by atoms with Crippen molar-refractivity contribution < 1.29 is 14.3 Å². The number of guanidine groups is 1. The van der Waals surface area contributed by atoms with Crippen LogP contribution in [0.3, 0.4) is 0 Å². The molecule has 0 spiro atoms. The molecule has 31 heavy (non-hydrogen) atoms. The van der Waals surface area contributed by atoms with Crippen molar-refractivity contribution in [1.82, 2.24) is 10.3 Å². The molecule has 7 heteroatoms. The third kappa shape index (κ3) is 6.05.